The summed E-state index contributed by atoms with van der Waals surface area (Å²) in [5.74, 6) is 0.558. The van der Waals surface area contributed by atoms with Gasteiger partial charge in [0.2, 0.25) is 0 Å². The molecule has 2 atom stereocenters. The van der Waals surface area contributed by atoms with E-state index in [-0.39, 0.29) is 23.6 Å². The number of H-pyrrole nitrogens is 1. The molecule has 2 fully saturated rings. The highest BCUT2D eigenvalue weighted by Crippen LogP contribution is 2.41. The molecule has 0 radical (unpaired) electrons. The predicted molar refractivity (Wildman–Crippen MR) is 104 cm³/mol. The van der Waals surface area contributed by atoms with Crippen LogP contribution in [0.2, 0.25) is 0 Å². The van der Waals surface area contributed by atoms with Crippen LogP contribution < -0.4 is 16.0 Å². The molecule has 2 unspecified atom stereocenters. The van der Waals surface area contributed by atoms with E-state index in [0.717, 1.165) is 29.6 Å². The highest BCUT2D eigenvalue weighted by molar-refractivity contribution is 5.98. The van der Waals surface area contributed by atoms with Crippen LogP contribution in [0.15, 0.2) is 36.5 Å². The van der Waals surface area contributed by atoms with E-state index in [2.05, 4.69) is 26.0 Å². The summed E-state index contributed by atoms with van der Waals surface area (Å²) in [5, 5.41) is 14.5. The second-order valence-electron chi connectivity index (χ2n) is 7.49. The first kappa shape index (κ1) is 17.0. The number of hydrogen-bond donors (Lipinski definition) is 4. The number of carbonyl (C=O) groups is 2. The number of amides is 2. The van der Waals surface area contributed by atoms with Crippen LogP contribution in [0.1, 0.15) is 26.5 Å². The molecular weight excluding hydrogens is 356 g/mol. The van der Waals surface area contributed by atoms with Crippen molar-refractivity contribution in [1.29, 1.82) is 0 Å². The van der Waals surface area contributed by atoms with Crippen LogP contribution in [-0.4, -0.2) is 52.8 Å². The summed E-state index contributed by atoms with van der Waals surface area (Å²) in [4.78, 5) is 28.2. The number of fused-ring (bicyclic) bond motifs is 2. The van der Waals surface area contributed by atoms with Gasteiger partial charge in [0.05, 0.1) is 6.54 Å². The Balaban J connectivity index is 1.45. The van der Waals surface area contributed by atoms with E-state index < -0.39 is 0 Å². The molecule has 1 aliphatic carbocycles. The van der Waals surface area contributed by atoms with Gasteiger partial charge >= 0.3 is 0 Å². The summed E-state index contributed by atoms with van der Waals surface area (Å²) in [6.45, 7) is 2.32. The van der Waals surface area contributed by atoms with Crippen LogP contribution >= 0.6 is 0 Å². The Morgan fingerprint density at radius 3 is 2.82 bits per heavy atom. The van der Waals surface area contributed by atoms with Gasteiger partial charge in [0.1, 0.15) is 5.69 Å². The third-order valence-corrected chi connectivity index (χ3v) is 5.87. The predicted octanol–water partition coefficient (Wildman–Crippen LogP) is 0.720. The fourth-order valence-electron chi connectivity index (χ4n) is 4.27. The summed E-state index contributed by atoms with van der Waals surface area (Å²) >= 11 is 0. The molecular formula is C20H22N6O2. The smallest absolute Gasteiger partial charge is 0.271 e. The van der Waals surface area contributed by atoms with Crippen molar-refractivity contribution in [2.45, 2.75) is 12.6 Å². The lowest BCUT2D eigenvalue weighted by Crippen LogP contribution is -2.33. The highest BCUT2D eigenvalue weighted by Gasteiger charge is 2.53. The van der Waals surface area contributed by atoms with Crippen LogP contribution in [0.3, 0.4) is 0 Å². The van der Waals surface area contributed by atoms with Gasteiger partial charge in [0.15, 0.2) is 5.69 Å². The summed E-state index contributed by atoms with van der Waals surface area (Å²) in [6.07, 6.45) is 1.89. The van der Waals surface area contributed by atoms with E-state index in [1.54, 1.807) is 17.8 Å². The fourth-order valence-corrected chi connectivity index (χ4v) is 4.27. The highest BCUT2D eigenvalue weighted by atomic mass is 16.2. The standard InChI is InChI=1S/C20H22N6O2/c1-21-19(27)16-7-17(20(28)24-18-13-8-22-9-14(13)18)26(25-16)10-11-3-2-4-15-12(11)5-6-23-15/h2-7,13-14,18,22-23H,8-10H2,1H3,(H,21,27)(H,24,28). The van der Waals surface area contributed by atoms with Crippen molar-refractivity contribution in [3.63, 3.8) is 0 Å². The minimum Gasteiger partial charge on any atom is -0.361 e. The minimum atomic E-state index is -0.305. The number of benzene rings is 1. The van der Waals surface area contributed by atoms with E-state index in [9.17, 15) is 9.59 Å². The molecule has 2 aromatic heterocycles. The summed E-state index contributed by atoms with van der Waals surface area (Å²) in [7, 11) is 1.56. The topological polar surface area (TPSA) is 104 Å². The monoisotopic (exact) mass is 378 g/mol. The van der Waals surface area contributed by atoms with Crippen LogP contribution in [-0.2, 0) is 6.54 Å². The maximum atomic E-state index is 12.9. The van der Waals surface area contributed by atoms with E-state index >= 15 is 0 Å². The molecule has 0 spiro atoms. The molecule has 2 amide bonds. The van der Waals surface area contributed by atoms with E-state index in [1.165, 1.54) is 0 Å². The molecule has 0 bridgehead atoms. The van der Waals surface area contributed by atoms with Crippen molar-refractivity contribution in [2.24, 2.45) is 11.8 Å². The van der Waals surface area contributed by atoms with Crippen molar-refractivity contribution >= 4 is 22.7 Å². The lowest BCUT2D eigenvalue weighted by atomic mass is 10.1. The van der Waals surface area contributed by atoms with Crippen LogP contribution in [0.25, 0.3) is 10.9 Å². The zero-order valence-corrected chi connectivity index (χ0v) is 15.5. The molecule has 3 aromatic rings. The molecule has 144 valence electrons. The minimum absolute atomic E-state index is 0.178. The Morgan fingerprint density at radius 2 is 2.04 bits per heavy atom. The third-order valence-electron chi connectivity index (χ3n) is 5.87. The molecule has 1 aliphatic heterocycles. The quantitative estimate of drug-likeness (QED) is 0.525. The Kier molecular flexibility index (Phi) is 3.94. The van der Waals surface area contributed by atoms with Crippen LogP contribution in [0.4, 0.5) is 0 Å². The molecule has 28 heavy (non-hydrogen) atoms. The van der Waals surface area contributed by atoms with Gasteiger partial charge in [-0.15, -0.1) is 0 Å². The Morgan fingerprint density at radius 1 is 1.21 bits per heavy atom. The number of nitrogens with one attached hydrogen (secondary N) is 4. The molecule has 4 N–H and O–H groups in total. The van der Waals surface area contributed by atoms with Gasteiger partial charge < -0.3 is 20.9 Å². The number of rotatable bonds is 5. The van der Waals surface area contributed by atoms with Gasteiger partial charge in [-0.05, 0) is 29.5 Å². The van der Waals surface area contributed by atoms with Gasteiger partial charge in [0.25, 0.3) is 11.8 Å². The Bertz CT molecular complexity index is 1060. The number of nitrogens with zero attached hydrogens (tertiary/aromatic N) is 2. The van der Waals surface area contributed by atoms with E-state index in [4.69, 9.17) is 0 Å². The van der Waals surface area contributed by atoms with Crippen molar-refractivity contribution in [1.82, 2.24) is 30.7 Å². The molecule has 1 saturated heterocycles. The molecule has 3 heterocycles. The molecule has 8 heteroatoms. The van der Waals surface area contributed by atoms with Crippen molar-refractivity contribution in [3.8, 4) is 0 Å². The Labute approximate surface area is 161 Å². The SMILES string of the molecule is CNC(=O)c1cc(C(=O)NC2C3CNCC32)n(Cc2cccc3[nH]ccc23)n1. The number of aromatic nitrogens is 3. The third kappa shape index (κ3) is 2.77. The summed E-state index contributed by atoms with van der Waals surface area (Å²) in [5.41, 5.74) is 2.71. The van der Waals surface area contributed by atoms with Crippen molar-refractivity contribution in [3.05, 3.63) is 53.5 Å². The Hall–Kier alpha value is -3.13. The maximum Gasteiger partial charge on any atom is 0.271 e. The molecule has 1 saturated carbocycles. The van der Waals surface area contributed by atoms with Crippen LogP contribution in [0, 0.1) is 11.8 Å². The summed E-state index contributed by atoms with van der Waals surface area (Å²) < 4.78 is 1.62. The zero-order valence-electron chi connectivity index (χ0n) is 15.5. The van der Waals surface area contributed by atoms with Gasteiger partial charge in [-0.2, -0.15) is 5.10 Å². The maximum absolute atomic E-state index is 12.9. The van der Waals surface area contributed by atoms with E-state index in [1.807, 2.05) is 30.5 Å². The van der Waals surface area contributed by atoms with Crippen LogP contribution in [0.5, 0.6) is 0 Å². The molecule has 8 nitrogen and oxygen atoms in total. The zero-order chi connectivity index (χ0) is 19.3. The average Bonchev–Trinajstić information content (AvgIpc) is 3.22. The normalized spacial score (nSPS) is 22.8. The molecule has 1 aromatic carbocycles. The number of piperidine rings is 1. The van der Waals surface area contributed by atoms with E-state index in [0.29, 0.717) is 24.1 Å². The first-order chi connectivity index (χ1) is 13.7. The van der Waals surface area contributed by atoms with Gasteiger partial charge in [-0.3, -0.25) is 14.3 Å². The fraction of sp³-hybridized carbons (Fsp3) is 0.350. The summed E-state index contributed by atoms with van der Waals surface area (Å²) in [6, 6.07) is 9.78. The van der Waals surface area contributed by atoms with Gasteiger partial charge in [-0.1, -0.05) is 12.1 Å². The van der Waals surface area contributed by atoms with Crippen molar-refractivity contribution < 1.29 is 9.59 Å². The molecule has 2 aliphatic rings. The first-order valence-corrected chi connectivity index (χ1v) is 9.52. The second-order valence-corrected chi connectivity index (χ2v) is 7.49. The largest absolute Gasteiger partial charge is 0.361 e. The average molecular weight is 378 g/mol. The van der Waals surface area contributed by atoms with Crippen molar-refractivity contribution in [2.75, 3.05) is 20.1 Å². The second kappa shape index (κ2) is 6.49. The molecule has 5 rings (SSSR count). The van der Waals surface area contributed by atoms with Gasteiger partial charge in [-0.25, -0.2) is 0 Å². The number of aromatic amines is 1. The number of hydrogen-bond acceptors (Lipinski definition) is 4. The lowest BCUT2D eigenvalue weighted by molar-refractivity contribution is 0.0933. The number of carbonyl (C=O) groups excluding carboxylic acids is 2. The van der Waals surface area contributed by atoms with Gasteiger partial charge in [0, 0.05) is 49.3 Å². The lowest BCUT2D eigenvalue weighted by Gasteiger charge is -2.10. The first-order valence-electron chi connectivity index (χ1n) is 9.52.